The van der Waals surface area contributed by atoms with Crippen LogP contribution in [0, 0.1) is 0 Å². The maximum atomic E-state index is 12.4. The minimum Gasteiger partial charge on any atom is -0.464 e. The van der Waals surface area contributed by atoms with Gasteiger partial charge < -0.3 is 25.0 Å². The van der Waals surface area contributed by atoms with Crippen molar-refractivity contribution in [1.82, 2.24) is 20.5 Å². The van der Waals surface area contributed by atoms with Crippen LogP contribution in [0.3, 0.4) is 0 Å². The van der Waals surface area contributed by atoms with E-state index in [1.807, 2.05) is 20.8 Å². The fourth-order valence-corrected chi connectivity index (χ4v) is 2.92. The van der Waals surface area contributed by atoms with Gasteiger partial charge in [0.15, 0.2) is 6.04 Å². The van der Waals surface area contributed by atoms with E-state index >= 15 is 0 Å². The second-order valence-corrected chi connectivity index (χ2v) is 7.80. The molecule has 0 spiro atoms. The van der Waals surface area contributed by atoms with Gasteiger partial charge in [0.05, 0.1) is 12.3 Å². The van der Waals surface area contributed by atoms with Crippen LogP contribution in [0.1, 0.15) is 52.3 Å². The number of hydrogen-bond donors (Lipinski definition) is 2. The summed E-state index contributed by atoms with van der Waals surface area (Å²) in [4.78, 5) is 42.6. The van der Waals surface area contributed by atoms with Crippen molar-refractivity contribution in [2.75, 3.05) is 19.7 Å². The topological polar surface area (TPSA) is 110 Å². The third kappa shape index (κ3) is 7.24. The van der Waals surface area contributed by atoms with Crippen molar-refractivity contribution in [3.8, 4) is 0 Å². The summed E-state index contributed by atoms with van der Waals surface area (Å²) in [6.45, 7) is 8.35. The van der Waals surface area contributed by atoms with Crippen molar-refractivity contribution in [3.63, 3.8) is 0 Å². The fraction of sp³-hybridized carbons (Fsp3) is 0.600. The van der Waals surface area contributed by atoms with E-state index in [0.717, 1.165) is 0 Å². The lowest BCUT2D eigenvalue weighted by atomic mass is 10.1. The van der Waals surface area contributed by atoms with Crippen LogP contribution in [0.15, 0.2) is 24.4 Å². The number of nitrogens with zero attached hydrogens (tertiary/aromatic N) is 2. The lowest BCUT2D eigenvalue weighted by Gasteiger charge is -2.33. The van der Waals surface area contributed by atoms with Gasteiger partial charge in [-0.1, -0.05) is 6.07 Å². The molecule has 2 N–H and O–H groups in total. The van der Waals surface area contributed by atoms with E-state index in [1.165, 1.54) is 0 Å². The number of ether oxygens (including phenoxy) is 2. The number of esters is 1. The Hall–Kier alpha value is -2.84. The number of amides is 3. The fourth-order valence-electron chi connectivity index (χ4n) is 2.92. The van der Waals surface area contributed by atoms with Gasteiger partial charge in [0, 0.05) is 25.3 Å². The van der Waals surface area contributed by atoms with E-state index in [-0.39, 0.29) is 18.7 Å². The number of pyridine rings is 1. The summed E-state index contributed by atoms with van der Waals surface area (Å²) in [5.74, 6) is -0.568. The number of carbonyl (C=O) groups is 3. The summed E-state index contributed by atoms with van der Waals surface area (Å²) in [5.41, 5.74) is -0.138. The first kappa shape index (κ1) is 22.4. The molecule has 1 aliphatic heterocycles. The first-order chi connectivity index (χ1) is 13.7. The van der Waals surface area contributed by atoms with Crippen LogP contribution >= 0.6 is 0 Å². The summed E-state index contributed by atoms with van der Waals surface area (Å²) in [6, 6.07) is 3.54. The zero-order chi connectivity index (χ0) is 21.4. The number of hydrogen-bond acceptors (Lipinski definition) is 6. The van der Waals surface area contributed by atoms with Crippen LogP contribution < -0.4 is 10.6 Å². The van der Waals surface area contributed by atoms with Gasteiger partial charge in [-0.2, -0.15) is 0 Å². The molecule has 1 aliphatic rings. The number of aromatic nitrogens is 1. The molecule has 2 heterocycles. The molecule has 29 heavy (non-hydrogen) atoms. The SMILES string of the molecule is CCOC(=O)C(NC(=O)NC1CCN(C(=O)OC(C)(C)C)CC1)c1ccccn1. The Morgan fingerprint density at radius 1 is 1.24 bits per heavy atom. The molecule has 0 aromatic carbocycles. The van der Waals surface area contributed by atoms with Gasteiger partial charge in [0.1, 0.15) is 5.60 Å². The van der Waals surface area contributed by atoms with E-state index in [2.05, 4.69) is 15.6 Å². The highest BCUT2D eigenvalue weighted by molar-refractivity contribution is 5.84. The minimum atomic E-state index is -0.988. The molecule has 1 fully saturated rings. The number of rotatable bonds is 5. The van der Waals surface area contributed by atoms with Crippen molar-refractivity contribution in [2.24, 2.45) is 0 Å². The smallest absolute Gasteiger partial charge is 0.410 e. The zero-order valence-corrected chi connectivity index (χ0v) is 17.4. The molecule has 3 amide bonds. The third-order valence-electron chi connectivity index (χ3n) is 4.26. The van der Waals surface area contributed by atoms with Crippen LogP contribution in [0.25, 0.3) is 0 Å². The van der Waals surface area contributed by atoms with Gasteiger partial charge in [-0.05, 0) is 52.7 Å². The Morgan fingerprint density at radius 2 is 1.93 bits per heavy atom. The molecular formula is C20H30N4O5. The number of likely N-dealkylation sites (tertiary alicyclic amines) is 1. The predicted molar refractivity (Wildman–Crippen MR) is 106 cm³/mol. The van der Waals surface area contributed by atoms with Gasteiger partial charge in [-0.3, -0.25) is 4.98 Å². The molecule has 2 rings (SSSR count). The summed E-state index contributed by atoms with van der Waals surface area (Å²) in [5, 5.41) is 5.50. The van der Waals surface area contributed by atoms with Crippen molar-refractivity contribution in [3.05, 3.63) is 30.1 Å². The van der Waals surface area contributed by atoms with Gasteiger partial charge in [-0.15, -0.1) is 0 Å². The maximum absolute atomic E-state index is 12.4. The molecule has 0 saturated carbocycles. The van der Waals surface area contributed by atoms with Crippen LogP contribution in [0.4, 0.5) is 9.59 Å². The monoisotopic (exact) mass is 406 g/mol. The Kier molecular flexibility index (Phi) is 7.81. The average Bonchev–Trinajstić information content (AvgIpc) is 2.66. The van der Waals surface area contributed by atoms with Crippen molar-refractivity contribution in [1.29, 1.82) is 0 Å². The first-order valence-electron chi connectivity index (χ1n) is 9.82. The molecule has 1 saturated heterocycles. The van der Waals surface area contributed by atoms with Crippen LogP contribution in [0.5, 0.6) is 0 Å². The highest BCUT2D eigenvalue weighted by atomic mass is 16.6. The van der Waals surface area contributed by atoms with E-state index in [1.54, 1.807) is 36.2 Å². The minimum absolute atomic E-state index is 0.111. The van der Waals surface area contributed by atoms with E-state index < -0.39 is 23.6 Å². The Balaban J connectivity index is 1.88. The quantitative estimate of drug-likeness (QED) is 0.727. The summed E-state index contributed by atoms with van der Waals surface area (Å²) < 4.78 is 10.4. The van der Waals surface area contributed by atoms with Gasteiger partial charge >= 0.3 is 18.1 Å². The maximum Gasteiger partial charge on any atom is 0.410 e. The molecule has 9 heteroatoms. The molecule has 0 aliphatic carbocycles. The van der Waals surface area contributed by atoms with Crippen molar-refractivity contribution < 1.29 is 23.9 Å². The number of urea groups is 1. The Bertz CT molecular complexity index is 697. The molecule has 9 nitrogen and oxygen atoms in total. The van der Waals surface area contributed by atoms with Crippen molar-refractivity contribution >= 4 is 18.1 Å². The normalized spacial score (nSPS) is 15.9. The second kappa shape index (κ2) is 10.1. The molecule has 1 unspecified atom stereocenters. The van der Waals surface area contributed by atoms with Crippen LogP contribution in [-0.2, 0) is 14.3 Å². The number of piperidine rings is 1. The summed E-state index contributed by atoms with van der Waals surface area (Å²) >= 11 is 0. The molecule has 1 aromatic rings. The molecule has 1 aromatic heterocycles. The molecule has 160 valence electrons. The lowest BCUT2D eigenvalue weighted by Crippen LogP contribution is -2.51. The highest BCUT2D eigenvalue weighted by Crippen LogP contribution is 2.16. The Labute approximate surface area is 171 Å². The Morgan fingerprint density at radius 3 is 2.48 bits per heavy atom. The molecule has 0 radical (unpaired) electrons. The predicted octanol–water partition coefficient (Wildman–Crippen LogP) is 2.38. The van der Waals surface area contributed by atoms with Gasteiger partial charge in [-0.25, -0.2) is 14.4 Å². The zero-order valence-electron chi connectivity index (χ0n) is 17.4. The highest BCUT2D eigenvalue weighted by Gasteiger charge is 2.29. The van der Waals surface area contributed by atoms with Crippen LogP contribution in [-0.4, -0.2) is 59.3 Å². The largest absolute Gasteiger partial charge is 0.464 e. The van der Waals surface area contributed by atoms with Crippen molar-refractivity contribution in [2.45, 2.75) is 58.2 Å². The van der Waals surface area contributed by atoms with E-state index in [0.29, 0.717) is 31.6 Å². The second-order valence-electron chi connectivity index (χ2n) is 7.80. The average molecular weight is 406 g/mol. The summed E-state index contributed by atoms with van der Waals surface area (Å²) in [7, 11) is 0. The third-order valence-corrected chi connectivity index (χ3v) is 4.26. The van der Waals surface area contributed by atoms with E-state index in [4.69, 9.17) is 9.47 Å². The molecule has 1 atom stereocenters. The summed E-state index contributed by atoms with van der Waals surface area (Å²) in [6.07, 6.45) is 2.40. The van der Waals surface area contributed by atoms with Crippen LogP contribution in [0.2, 0.25) is 0 Å². The number of carbonyl (C=O) groups excluding carboxylic acids is 3. The lowest BCUT2D eigenvalue weighted by molar-refractivity contribution is -0.145. The number of nitrogens with one attached hydrogen (secondary N) is 2. The van der Waals surface area contributed by atoms with Gasteiger partial charge in [0.25, 0.3) is 0 Å². The molecule has 0 bridgehead atoms. The van der Waals surface area contributed by atoms with E-state index in [9.17, 15) is 14.4 Å². The molecular weight excluding hydrogens is 376 g/mol. The standard InChI is InChI=1S/C20H30N4O5/c1-5-28-17(25)16(15-8-6-7-11-21-15)23-18(26)22-14-9-12-24(13-10-14)19(27)29-20(2,3)4/h6-8,11,14,16H,5,9-10,12-13H2,1-4H3,(H2,22,23,26). The first-order valence-corrected chi connectivity index (χ1v) is 9.82. The van der Waals surface area contributed by atoms with Gasteiger partial charge in [0.2, 0.25) is 0 Å².